The summed E-state index contributed by atoms with van der Waals surface area (Å²) < 4.78 is 33.0. The van der Waals surface area contributed by atoms with Crippen molar-refractivity contribution in [1.82, 2.24) is 24.8 Å². The van der Waals surface area contributed by atoms with Gasteiger partial charge in [-0.15, -0.1) is 0 Å². The molecule has 0 spiro atoms. The number of halogens is 2. The van der Waals surface area contributed by atoms with Crippen molar-refractivity contribution >= 4 is 16.9 Å². The molecule has 1 fully saturated rings. The second-order valence-electron chi connectivity index (χ2n) is 10.9. The number of rotatable bonds is 5. The molecule has 0 radical (unpaired) electrons. The first-order valence-corrected chi connectivity index (χ1v) is 13.5. The fraction of sp³-hybridized carbons (Fsp3) is 0.400. The van der Waals surface area contributed by atoms with Crippen molar-refractivity contribution in [1.29, 1.82) is 0 Å². The Labute approximate surface area is 226 Å². The topological polar surface area (TPSA) is 75.9 Å². The van der Waals surface area contributed by atoms with Crippen molar-refractivity contribution in [3.8, 4) is 16.9 Å². The predicted molar refractivity (Wildman–Crippen MR) is 151 cm³/mol. The van der Waals surface area contributed by atoms with Crippen LogP contribution < -0.4 is 15.9 Å². The quantitative estimate of drug-likeness (QED) is 0.367. The Morgan fingerprint density at radius 1 is 1.05 bits per heavy atom. The number of aromatic nitrogens is 4. The van der Waals surface area contributed by atoms with Crippen LogP contribution in [0, 0.1) is 18.6 Å². The number of hydrogen-bond donors (Lipinski definition) is 1. The van der Waals surface area contributed by atoms with Crippen LogP contribution in [0.5, 0.6) is 0 Å². The monoisotopic (exact) mass is 532 g/mol. The van der Waals surface area contributed by atoms with Crippen LogP contribution in [0.4, 0.5) is 14.6 Å². The molecule has 0 aliphatic carbocycles. The van der Waals surface area contributed by atoms with Gasteiger partial charge >= 0.3 is 5.69 Å². The summed E-state index contributed by atoms with van der Waals surface area (Å²) in [5.41, 5.74) is 2.57. The van der Waals surface area contributed by atoms with Gasteiger partial charge in [-0.1, -0.05) is 39.8 Å². The highest BCUT2D eigenvalue weighted by atomic mass is 19.1. The van der Waals surface area contributed by atoms with Gasteiger partial charge in [0.15, 0.2) is 5.65 Å². The summed E-state index contributed by atoms with van der Waals surface area (Å²) in [6, 6.07) is 7.86. The number of nitrogens with one attached hydrogen (secondary N) is 1. The van der Waals surface area contributed by atoms with E-state index in [-0.39, 0.29) is 46.0 Å². The standard InChI is InChI=1S/C30H34F2N6O/c1-16(2)20-8-7-9-21(31)24(20)23-14-22(32)25-28(37-13-12-33-15-19(37)6)36-30(39)38(29(25)35-23)27-18(5)10-11-34-26(27)17(3)4/h7-11,14,16-17,19,33H,12-13,15H2,1-6H3/t19-/m0/s1. The van der Waals surface area contributed by atoms with Crippen LogP contribution in [-0.4, -0.2) is 45.2 Å². The van der Waals surface area contributed by atoms with Gasteiger partial charge in [0, 0.05) is 43.5 Å². The van der Waals surface area contributed by atoms with Crippen molar-refractivity contribution in [2.75, 3.05) is 24.5 Å². The molecule has 1 aliphatic heterocycles. The molecule has 0 amide bonds. The summed E-state index contributed by atoms with van der Waals surface area (Å²) in [7, 11) is 0. The van der Waals surface area contributed by atoms with E-state index in [1.165, 1.54) is 16.7 Å². The second kappa shape index (κ2) is 10.4. The Kier molecular flexibility index (Phi) is 7.20. The minimum absolute atomic E-state index is 0.0192. The van der Waals surface area contributed by atoms with Crippen LogP contribution >= 0.6 is 0 Å². The molecule has 1 atom stereocenters. The zero-order chi connectivity index (χ0) is 28.0. The van der Waals surface area contributed by atoms with Gasteiger partial charge in [-0.25, -0.2) is 23.1 Å². The molecule has 0 bridgehead atoms. The molecule has 39 heavy (non-hydrogen) atoms. The molecule has 9 heteroatoms. The molecule has 0 unspecified atom stereocenters. The van der Waals surface area contributed by atoms with Gasteiger partial charge < -0.3 is 10.2 Å². The van der Waals surface area contributed by atoms with Gasteiger partial charge in [0.05, 0.1) is 22.5 Å². The van der Waals surface area contributed by atoms with Crippen LogP contribution in [0.2, 0.25) is 0 Å². The summed E-state index contributed by atoms with van der Waals surface area (Å²) in [5.74, 6) is -0.903. The number of pyridine rings is 2. The maximum absolute atomic E-state index is 16.4. The van der Waals surface area contributed by atoms with E-state index in [1.807, 2.05) is 52.5 Å². The summed E-state index contributed by atoms with van der Waals surface area (Å²) in [6.07, 6.45) is 1.69. The van der Waals surface area contributed by atoms with E-state index in [1.54, 1.807) is 18.3 Å². The average Bonchev–Trinajstić information content (AvgIpc) is 2.88. The summed E-state index contributed by atoms with van der Waals surface area (Å²) in [4.78, 5) is 29.7. The average molecular weight is 533 g/mol. The largest absolute Gasteiger partial charge is 0.355 e. The Balaban J connectivity index is 1.93. The molecular weight excluding hydrogens is 498 g/mol. The summed E-state index contributed by atoms with van der Waals surface area (Å²) in [6.45, 7) is 13.7. The second-order valence-corrected chi connectivity index (χ2v) is 10.9. The highest BCUT2D eigenvalue weighted by molar-refractivity contribution is 5.91. The summed E-state index contributed by atoms with van der Waals surface area (Å²) in [5, 5.41) is 3.45. The van der Waals surface area contributed by atoms with E-state index >= 15 is 8.78 Å². The van der Waals surface area contributed by atoms with Crippen molar-refractivity contribution < 1.29 is 8.78 Å². The van der Waals surface area contributed by atoms with Crippen LogP contribution in [0.1, 0.15) is 63.3 Å². The third kappa shape index (κ3) is 4.69. The number of anilines is 1. The fourth-order valence-corrected chi connectivity index (χ4v) is 5.43. The molecule has 4 heterocycles. The van der Waals surface area contributed by atoms with Gasteiger partial charge in [-0.2, -0.15) is 4.98 Å². The van der Waals surface area contributed by atoms with Gasteiger partial charge in [0.25, 0.3) is 0 Å². The molecule has 1 aromatic carbocycles. The SMILES string of the molecule is Cc1ccnc(C(C)C)c1-n1c(=O)nc(N2CCNC[C@@H]2C)c2c(F)cc(-c3c(F)cccc3C(C)C)nc21. The summed E-state index contributed by atoms with van der Waals surface area (Å²) >= 11 is 0. The van der Waals surface area contributed by atoms with E-state index in [9.17, 15) is 4.79 Å². The zero-order valence-corrected chi connectivity index (χ0v) is 23.2. The number of benzene rings is 1. The maximum atomic E-state index is 16.4. The first-order valence-electron chi connectivity index (χ1n) is 13.5. The molecule has 1 aliphatic rings. The molecule has 1 saturated heterocycles. The smallest absolute Gasteiger partial charge is 0.350 e. The molecular formula is C30H34F2N6O. The third-order valence-corrected chi connectivity index (χ3v) is 7.40. The predicted octanol–water partition coefficient (Wildman–Crippen LogP) is 5.47. The lowest BCUT2D eigenvalue weighted by Gasteiger charge is -2.35. The van der Waals surface area contributed by atoms with Crippen LogP contribution in [0.25, 0.3) is 28.0 Å². The maximum Gasteiger partial charge on any atom is 0.355 e. The minimum atomic E-state index is -0.609. The normalized spacial score (nSPS) is 16.1. The lowest BCUT2D eigenvalue weighted by molar-refractivity contribution is 0.496. The Hall–Kier alpha value is -3.72. The zero-order valence-electron chi connectivity index (χ0n) is 23.2. The molecule has 0 saturated carbocycles. The first kappa shape index (κ1) is 26.9. The third-order valence-electron chi connectivity index (χ3n) is 7.40. The van der Waals surface area contributed by atoms with Gasteiger partial charge in [-0.05, 0) is 48.9 Å². The molecule has 3 aromatic heterocycles. The van der Waals surface area contributed by atoms with E-state index in [2.05, 4.69) is 15.3 Å². The first-order chi connectivity index (χ1) is 18.6. The number of piperazine rings is 1. The Bertz CT molecular complexity index is 1610. The van der Waals surface area contributed by atoms with Crippen molar-refractivity contribution in [3.63, 3.8) is 0 Å². The molecule has 204 valence electrons. The number of hydrogen-bond acceptors (Lipinski definition) is 6. The fourth-order valence-electron chi connectivity index (χ4n) is 5.43. The number of nitrogens with zero attached hydrogens (tertiary/aromatic N) is 5. The van der Waals surface area contributed by atoms with E-state index < -0.39 is 17.3 Å². The van der Waals surface area contributed by atoms with Crippen molar-refractivity contribution in [3.05, 3.63) is 75.5 Å². The van der Waals surface area contributed by atoms with E-state index in [4.69, 9.17) is 4.98 Å². The molecule has 7 nitrogen and oxygen atoms in total. The van der Waals surface area contributed by atoms with Gasteiger partial charge in [-0.3, -0.25) is 4.98 Å². The van der Waals surface area contributed by atoms with Gasteiger partial charge in [0.1, 0.15) is 17.5 Å². The molecule has 4 aromatic rings. The Morgan fingerprint density at radius 2 is 1.82 bits per heavy atom. The van der Waals surface area contributed by atoms with Crippen LogP contribution in [0.3, 0.4) is 0 Å². The van der Waals surface area contributed by atoms with Crippen LogP contribution in [0.15, 0.2) is 41.3 Å². The number of aryl methyl sites for hydroxylation is 1. The van der Waals surface area contributed by atoms with Crippen molar-refractivity contribution in [2.45, 2.75) is 59.4 Å². The molecule has 5 rings (SSSR count). The van der Waals surface area contributed by atoms with Crippen LogP contribution in [-0.2, 0) is 0 Å². The van der Waals surface area contributed by atoms with E-state index in [0.717, 1.165) is 5.56 Å². The van der Waals surface area contributed by atoms with Crippen molar-refractivity contribution in [2.24, 2.45) is 0 Å². The minimum Gasteiger partial charge on any atom is -0.350 e. The van der Waals surface area contributed by atoms with Gasteiger partial charge in [0.2, 0.25) is 0 Å². The molecule has 1 N–H and O–H groups in total. The lowest BCUT2D eigenvalue weighted by Crippen LogP contribution is -2.51. The number of fused-ring (bicyclic) bond motifs is 1. The van der Waals surface area contributed by atoms with E-state index in [0.29, 0.717) is 36.6 Å². The highest BCUT2D eigenvalue weighted by Gasteiger charge is 2.29. The lowest BCUT2D eigenvalue weighted by atomic mass is 9.94. The Morgan fingerprint density at radius 3 is 2.51 bits per heavy atom. The highest BCUT2D eigenvalue weighted by Crippen LogP contribution is 2.36.